The van der Waals surface area contributed by atoms with E-state index in [1.54, 1.807) is 0 Å². The molecule has 0 amide bonds. The van der Waals surface area contributed by atoms with Gasteiger partial charge in [-0.05, 0) is 39.6 Å². The monoisotopic (exact) mass is 358 g/mol. The van der Waals surface area contributed by atoms with E-state index in [2.05, 4.69) is 30.4 Å². The van der Waals surface area contributed by atoms with Crippen molar-refractivity contribution in [2.45, 2.75) is 22.6 Å². The number of amidine groups is 1. The molecule has 0 aliphatic rings. The molecule has 0 spiro atoms. The minimum atomic E-state index is 0.0650. The molecule has 0 fully saturated rings. The van der Waals surface area contributed by atoms with Crippen LogP contribution in [-0.4, -0.2) is 20.4 Å². The predicted octanol–water partition coefficient (Wildman–Crippen LogP) is 3.11. The van der Waals surface area contributed by atoms with Gasteiger partial charge < -0.3 is 10.9 Å². The molecule has 0 saturated heterocycles. The van der Waals surface area contributed by atoms with Gasteiger partial charge in [-0.2, -0.15) is 4.37 Å². The van der Waals surface area contributed by atoms with Gasteiger partial charge in [-0.25, -0.2) is 4.98 Å². The van der Waals surface area contributed by atoms with E-state index in [0.29, 0.717) is 5.56 Å². The zero-order valence-electron chi connectivity index (χ0n) is 10.00. The van der Waals surface area contributed by atoms with Gasteiger partial charge in [-0.15, -0.1) is 0 Å². The van der Waals surface area contributed by atoms with Crippen molar-refractivity contribution in [3.63, 3.8) is 0 Å². The first-order chi connectivity index (χ1) is 9.15. The van der Waals surface area contributed by atoms with Gasteiger partial charge in [0.1, 0.15) is 5.82 Å². The third-order valence-electron chi connectivity index (χ3n) is 2.30. The van der Waals surface area contributed by atoms with Crippen molar-refractivity contribution in [1.29, 1.82) is 0 Å². The van der Waals surface area contributed by atoms with E-state index in [1.165, 1.54) is 23.3 Å². The van der Waals surface area contributed by atoms with Gasteiger partial charge in [0.15, 0.2) is 10.2 Å². The van der Waals surface area contributed by atoms with Gasteiger partial charge >= 0.3 is 0 Å². The lowest BCUT2D eigenvalue weighted by Gasteiger charge is -2.08. The van der Waals surface area contributed by atoms with Crippen LogP contribution in [0.1, 0.15) is 18.3 Å². The molecular weight excluding hydrogens is 348 g/mol. The van der Waals surface area contributed by atoms with E-state index in [9.17, 15) is 0 Å². The van der Waals surface area contributed by atoms with Crippen molar-refractivity contribution in [3.8, 4) is 0 Å². The third kappa shape index (κ3) is 3.26. The quantitative estimate of drug-likeness (QED) is 0.379. The first-order valence-electron chi connectivity index (χ1n) is 5.42. The largest absolute Gasteiger partial charge is 0.409 e. The molecule has 100 valence electrons. The van der Waals surface area contributed by atoms with Crippen LogP contribution >= 0.6 is 39.2 Å². The molecular formula is C11H11BrN4OS2. The van der Waals surface area contributed by atoms with Gasteiger partial charge in [0.2, 0.25) is 0 Å². The van der Waals surface area contributed by atoms with Gasteiger partial charge in [-0.1, -0.05) is 29.9 Å². The molecule has 5 nitrogen and oxygen atoms in total. The van der Waals surface area contributed by atoms with Crippen molar-refractivity contribution in [2.75, 3.05) is 0 Å². The number of nitrogens with two attached hydrogens (primary N) is 1. The maximum atomic E-state index is 8.85. The summed E-state index contributed by atoms with van der Waals surface area (Å²) in [5.74, 6) is 0.892. The molecule has 0 unspecified atom stereocenters. The van der Waals surface area contributed by atoms with Crippen LogP contribution in [0, 0.1) is 0 Å². The fourth-order valence-electron chi connectivity index (χ4n) is 1.41. The van der Waals surface area contributed by atoms with Gasteiger partial charge in [0.05, 0.1) is 0 Å². The standard InChI is InChI=1S/C11H11BrN4OS2/c1-2-8-14-11(19-16-8)18-7-5-3-4-6(12)9(7)10(13)15-17/h3-5,17H,2H2,1H3,(H2,13,15). The highest BCUT2D eigenvalue weighted by molar-refractivity contribution is 9.10. The van der Waals surface area contributed by atoms with E-state index in [-0.39, 0.29) is 5.84 Å². The topological polar surface area (TPSA) is 84.4 Å². The van der Waals surface area contributed by atoms with E-state index in [0.717, 1.165) is 26.0 Å². The first kappa shape index (κ1) is 14.3. The van der Waals surface area contributed by atoms with Crippen molar-refractivity contribution in [1.82, 2.24) is 9.36 Å². The Hall–Kier alpha value is -1.12. The summed E-state index contributed by atoms with van der Waals surface area (Å²) in [6.07, 6.45) is 0.808. The number of benzene rings is 1. The van der Waals surface area contributed by atoms with Gasteiger partial charge in [-0.3, -0.25) is 0 Å². The summed E-state index contributed by atoms with van der Waals surface area (Å²) in [7, 11) is 0. The van der Waals surface area contributed by atoms with E-state index >= 15 is 0 Å². The lowest BCUT2D eigenvalue weighted by molar-refractivity contribution is 0.318. The first-order valence-corrected chi connectivity index (χ1v) is 7.80. The smallest absolute Gasteiger partial charge is 0.174 e. The molecule has 1 heterocycles. The average molecular weight is 359 g/mol. The summed E-state index contributed by atoms with van der Waals surface area (Å²) in [5.41, 5.74) is 6.36. The Labute approximate surface area is 127 Å². The Balaban J connectivity index is 2.37. The molecule has 1 aromatic carbocycles. The molecule has 1 aromatic heterocycles. The molecule has 0 bridgehead atoms. The second-order valence-corrected chi connectivity index (χ2v) is 6.43. The Morgan fingerprint density at radius 1 is 1.58 bits per heavy atom. The second kappa shape index (κ2) is 6.36. The Morgan fingerprint density at radius 3 is 3.00 bits per heavy atom. The number of rotatable bonds is 4. The SMILES string of the molecule is CCc1nsc(Sc2cccc(Br)c2/C(N)=N/O)n1. The van der Waals surface area contributed by atoms with Crippen LogP contribution < -0.4 is 5.73 Å². The van der Waals surface area contributed by atoms with Crippen LogP contribution in [0.3, 0.4) is 0 Å². The van der Waals surface area contributed by atoms with E-state index in [1.807, 2.05) is 25.1 Å². The Morgan fingerprint density at radius 2 is 2.37 bits per heavy atom. The molecule has 0 saturated carbocycles. The zero-order chi connectivity index (χ0) is 13.8. The highest BCUT2D eigenvalue weighted by atomic mass is 79.9. The van der Waals surface area contributed by atoms with Crippen molar-refractivity contribution in [3.05, 3.63) is 34.1 Å². The molecule has 8 heteroatoms. The van der Waals surface area contributed by atoms with Crippen molar-refractivity contribution >= 4 is 45.1 Å². The molecule has 2 rings (SSSR count). The van der Waals surface area contributed by atoms with Gasteiger partial charge in [0.25, 0.3) is 0 Å². The molecule has 0 aliphatic heterocycles. The summed E-state index contributed by atoms with van der Waals surface area (Å²) < 4.78 is 5.84. The zero-order valence-corrected chi connectivity index (χ0v) is 13.2. The lowest BCUT2D eigenvalue weighted by Crippen LogP contribution is -2.15. The van der Waals surface area contributed by atoms with E-state index < -0.39 is 0 Å². The summed E-state index contributed by atoms with van der Waals surface area (Å²) >= 11 is 6.20. The van der Waals surface area contributed by atoms with Crippen LogP contribution in [-0.2, 0) is 6.42 Å². The fraction of sp³-hybridized carbons (Fsp3) is 0.182. The third-order valence-corrected chi connectivity index (χ3v) is 4.81. The number of aryl methyl sites for hydroxylation is 1. The Kier molecular flexibility index (Phi) is 4.78. The number of oxime groups is 1. The molecule has 0 atom stereocenters. The Bertz CT molecular complexity index is 614. The molecule has 0 radical (unpaired) electrons. The van der Waals surface area contributed by atoms with Crippen molar-refractivity contribution < 1.29 is 5.21 Å². The minimum absolute atomic E-state index is 0.0650. The summed E-state index contributed by atoms with van der Waals surface area (Å²) in [6, 6.07) is 5.63. The maximum Gasteiger partial charge on any atom is 0.174 e. The van der Waals surface area contributed by atoms with E-state index in [4.69, 9.17) is 10.9 Å². The van der Waals surface area contributed by atoms with Crippen LogP contribution in [0.2, 0.25) is 0 Å². The lowest BCUT2D eigenvalue weighted by atomic mass is 10.2. The number of hydrogen-bond acceptors (Lipinski definition) is 6. The number of halogens is 1. The molecule has 3 N–H and O–H groups in total. The summed E-state index contributed by atoms with van der Waals surface area (Å²) in [4.78, 5) is 5.26. The second-order valence-electron chi connectivity index (χ2n) is 3.53. The normalized spacial score (nSPS) is 11.8. The summed E-state index contributed by atoms with van der Waals surface area (Å²) in [6.45, 7) is 2.01. The average Bonchev–Trinajstić information content (AvgIpc) is 2.86. The van der Waals surface area contributed by atoms with Crippen LogP contribution in [0.15, 0.2) is 37.1 Å². The predicted molar refractivity (Wildman–Crippen MR) is 80.1 cm³/mol. The van der Waals surface area contributed by atoms with Crippen LogP contribution in [0.5, 0.6) is 0 Å². The van der Waals surface area contributed by atoms with Crippen molar-refractivity contribution in [2.24, 2.45) is 10.9 Å². The molecule has 0 aliphatic carbocycles. The summed E-state index contributed by atoms with van der Waals surface area (Å²) in [5, 5.41) is 11.9. The molecule has 2 aromatic rings. The highest BCUT2D eigenvalue weighted by Crippen LogP contribution is 2.34. The van der Waals surface area contributed by atoms with Crippen LogP contribution in [0.4, 0.5) is 0 Å². The van der Waals surface area contributed by atoms with Gasteiger partial charge in [0, 0.05) is 21.4 Å². The molecule has 19 heavy (non-hydrogen) atoms. The fourth-order valence-corrected chi connectivity index (χ4v) is 3.94. The minimum Gasteiger partial charge on any atom is -0.409 e. The maximum absolute atomic E-state index is 8.85. The number of aromatic nitrogens is 2. The van der Waals surface area contributed by atoms with Crippen LogP contribution in [0.25, 0.3) is 0 Å². The highest BCUT2D eigenvalue weighted by Gasteiger charge is 2.14. The number of hydrogen-bond donors (Lipinski definition) is 2. The number of nitrogens with zero attached hydrogens (tertiary/aromatic N) is 3.